The van der Waals surface area contributed by atoms with Gasteiger partial charge in [-0.1, -0.05) is 12.1 Å². The molecule has 5 heteroatoms. The molecule has 0 aliphatic carbocycles. The lowest BCUT2D eigenvalue weighted by atomic mass is 10.1. The molecule has 1 rings (SSSR count). The van der Waals surface area contributed by atoms with Crippen LogP contribution in [0.2, 0.25) is 0 Å². The second-order valence-corrected chi connectivity index (χ2v) is 7.22. The van der Waals surface area contributed by atoms with E-state index in [-0.39, 0.29) is 17.2 Å². The SMILES string of the molecule is C#CCCNC(=O)Cc1ccc(S(=O)(=O)C(C)C)cc1. The van der Waals surface area contributed by atoms with Gasteiger partial charge in [0.2, 0.25) is 5.91 Å². The Bertz CT molecular complexity index is 595. The molecule has 1 aromatic carbocycles. The highest BCUT2D eigenvalue weighted by atomic mass is 32.2. The van der Waals surface area contributed by atoms with Crippen LogP contribution in [-0.4, -0.2) is 26.1 Å². The molecule has 0 saturated carbocycles. The smallest absolute Gasteiger partial charge is 0.224 e. The standard InChI is InChI=1S/C15H19NO3S/c1-4-5-10-16-15(17)11-13-6-8-14(9-7-13)20(18,19)12(2)3/h1,6-9,12H,5,10-11H2,2-3H3,(H,16,17). The molecule has 0 heterocycles. The minimum Gasteiger partial charge on any atom is -0.355 e. The van der Waals surface area contributed by atoms with Gasteiger partial charge in [-0.25, -0.2) is 8.42 Å². The highest BCUT2D eigenvalue weighted by Crippen LogP contribution is 2.16. The molecule has 1 amide bonds. The van der Waals surface area contributed by atoms with E-state index in [1.807, 2.05) is 0 Å². The van der Waals surface area contributed by atoms with Crippen LogP contribution in [0.4, 0.5) is 0 Å². The lowest BCUT2D eigenvalue weighted by molar-refractivity contribution is -0.120. The molecular weight excluding hydrogens is 274 g/mol. The van der Waals surface area contributed by atoms with Gasteiger partial charge in [0.15, 0.2) is 9.84 Å². The molecule has 0 atom stereocenters. The van der Waals surface area contributed by atoms with Crippen molar-refractivity contribution < 1.29 is 13.2 Å². The van der Waals surface area contributed by atoms with Crippen LogP contribution in [0.25, 0.3) is 0 Å². The molecule has 1 aromatic rings. The number of rotatable bonds is 6. The van der Waals surface area contributed by atoms with Crippen LogP contribution >= 0.6 is 0 Å². The zero-order valence-corrected chi connectivity index (χ0v) is 12.5. The Morgan fingerprint density at radius 1 is 1.30 bits per heavy atom. The summed E-state index contributed by atoms with van der Waals surface area (Å²) < 4.78 is 23.9. The van der Waals surface area contributed by atoms with Crippen molar-refractivity contribution in [3.05, 3.63) is 29.8 Å². The van der Waals surface area contributed by atoms with Crippen LogP contribution < -0.4 is 5.32 Å². The number of sulfone groups is 1. The molecule has 0 bridgehead atoms. The first kappa shape index (κ1) is 16.3. The number of benzene rings is 1. The van der Waals surface area contributed by atoms with E-state index in [1.54, 1.807) is 38.1 Å². The molecule has 0 aliphatic rings. The predicted octanol–water partition coefficient (Wildman–Crippen LogP) is 1.55. The van der Waals surface area contributed by atoms with Crippen molar-refractivity contribution in [2.24, 2.45) is 0 Å². The Labute approximate surface area is 120 Å². The van der Waals surface area contributed by atoms with Gasteiger partial charge >= 0.3 is 0 Å². The average molecular weight is 293 g/mol. The monoisotopic (exact) mass is 293 g/mol. The Morgan fingerprint density at radius 2 is 1.90 bits per heavy atom. The van der Waals surface area contributed by atoms with Crippen molar-refractivity contribution in [3.8, 4) is 12.3 Å². The van der Waals surface area contributed by atoms with Gasteiger partial charge in [0.05, 0.1) is 16.6 Å². The summed E-state index contributed by atoms with van der Waals surface area (Å²) in [7, 11) is -3.26. The van der Waals surface area contributed by atoms with Crippen LogP contribution in [-0.2, 0) is 21.1 Å². The molecule has 0 aromatic heterocycles. The van der Waals surface area contributed by atoms with Gasteiger partial charge in [-0.3, -0.25) is 4.79 Å². The van der Waals surface area contributed by atoms with E-state index >= 15 is 0 Å². The van der Waals surface area contributed by atoms with Gasteiger partial charge in [0.25, 0.3) is 0 Å². The van der Waals surface area contributed by atoms with Gasteiger partial charge < -0.3 is 5.32 Å². The normalized spacial score (nSPS) is 11.1. The fourth-order valence-electron chi connectivity index (χ4n) is 1.59. The van der Waals surface area contributed by atoms with Gasteiger partial charge in [0, 0.05) is 13.0 Å². The summed E-state index contributed by atoms with van der Waals surface area (Å²) in [6.07, 6.45) is 5.80. The van der Waals surface area contributed by atoms with E-state index in [1.165, 1.54) is 0 Å². The van der Waals surface area contributed by atoms with Crippen LogP contribution in [0, 0.1) is 12.3 Å². The van der Waals surface area contributed by atoms with Crippen LogP contribution in [0.3, 0.4) is 0 Å². The molecule has 0 aliphatic heterocycles. The lowest BCUT2D eigenvalue weighted by Crippen LogP contribution is -2.25. The molecular formula is C15H19NO3S. The maximum atomic E-state index is 11.9. The first-order valence-electron chi connectivity index (χ1n) is 6.41. The molecule has 0 unspecified atom stereocenters. The van der Waals surface area contributed by atoms with Crippen molar-refractivity contribution in [3.63, 3.8) is 0 Å². The first-order chi connectivity index (χ1) is 9.37. The van der Waals surface area contributed by atoms with Gasteiger partial charge in [0.1, 0.15) is 0 Å². The summed E-state index contributed by atoms with van der Waals surface area (Å²) in [6, 6.07) is 6.41. The van der Waals surface area contributed by atoms with Crippen molar-refractivity contribution in [1.82, 2.24) is 5.32 Å². The van der Waals surface area contributed by atoms with Crippen molar-refractivity contribution in [2.45, 2.75) is 36.8 Å². The minimum absolute atomic E-state index is 0.125. The zero-order chi connectivity index (χ0) is 15.2. The third-order valence-corrected chi connectivity index (χ3v) is 5.00. The highest BCUT2D eigenvalue weighted by molar-refractivity contribution is 7.92. The number of carbonyl (C=O) groups is 1. The molecule has 108 valence electrons. The topological polar surface area (TPSA) is 63.2 Å². The summed E-state index contributed by atoms with van der Waals surface area (Å²) in [6.45, 7) is 3.74. The summed E-state index contributed by atoms with van der Waals surface area (Å²) in [4.78, 5) is 11.9. The third kappa shape index (κ3) is 4.39. The number of hydrogen-bond donors (Lipinski definition) is 1. The van der Waals surface area contributed by atoms with Gasteiger partial charge in [-0.15, -0.1) is 12.3 Å². The Morgan fingerprint density at radius 3 is 2.40 bits per heavy atom. The van der Waals surface area contributed by atoms with E-state index in [4.69, 9.17) is 6.42 Å². The summed E-state index contributed by atoms with van der Waals surface area (Å²) >= 11 is 0. The van der Waals surface area contributed by atoms with E-state index in [0.29, 0.717) is 13.0 Å². The zero-order valence-electron chi connectivity index (χ0n) is 11.7. The molecule has 20 heavy (non-hydrogen) atoms. The molecule has 4 nitrogen and oxygen atoms in total. The van der Waals surface area contributed by atoms with E-state index in [0.717, 1.165) is 5.56 Å². The number of carbonyl (C=O) groups excluding carboxylic acids is 1. The van der Waals surface area contributed by atoms with Crippen LogP contribution in [0.5, 0.6) is 0 Å². The Kier molecular flexibility index (Phi) is 5.78. The predicted molar refractivity (Wildman–Crippen MR) is 78.9 cm³/mol. The maximum Gasteiger partial charge on any atom is 0.224 e. The number of amides is 1. The number of hydrogen-bond acceptors (Lipinski definition) is 3. The van der Waals surface area contributed by atoms with Crippen molar-refractivity contribution in [2.75, 3.05) is 6.54 Å². The van der Waals surface area contributed by atoms with Crippen LogP contribution in [0.1, 0.15) is 25.8 Å². The maximum absolute atomic E-state index is 11.9. The van der Waals surface area contributed by atoms with Crippen molar-refractivity contribution >= 4 is 15.7 Å². The van der Waals surface area contributed by atoms with Crippen molar-refractivity contribution in [1.29, 1.82) is 0 Å². The highest BCUT2D eigenvalue weighted by Gasteiger charge is 2.18. The Balaban J connectivity index is 2.69. The van der Waals surface area contributed by atoms with Gasteiger partial charge in [-0.05, 0) is 31.5 Å². The number of nitrogens with one attached hydrogen (secondary N) is 1. The quantitative estimate of drug-likeness (QED) is 0.639. The largest absolute Gasteiger partial charge is 0.355 e. The van der Waals surface area contributed by atoms with E-state index in [9.17, 15) is 13.2 Å². The minimum atomic E-state index is -3.26. The van der Waals surface area contributed by atoms with E-state index < -0.39 is 15.1 Å². The third-order valence-electron chi connectivity index (χ3n) is 2.83. The second-order valence-electron chi connectivity index (χ2n) is 4.72. The summed E-state index contributed by atoms with van der Waals surface area (Å²) in [5.74, 6) is 2.31. The fraction of sp³-hybridized carbons (Fsp3) is 0.400. The van der Waals surface area contributed by atoms with E-state index in [2.05, 4.69) is 11.2 Å². The van der Waals surface area contributed by atoms with Crippen LogP contribution in [0.15, 0.2) is 29.2 Å². The van der Waals surface area contributed by atoms with Gasteiger partial charge in [-0.2, -0.15) is 0 Å². The molecule has 0 saturated heterocycles. The fourth-order valence-corrected chi connectivity index (χ4v) is 2.65. The number of terminal acetylenes is 1. The average Bonchev–Trinajstić information content (AvgIpc) is 2.39. The lowest BCUT2D eigenvalue weighted by Gasteiger charge is -2.08. The second kappa shape index (κ2) is 7.11. The first-order valence-corrected chi connectivity index (χ1v) is 7.95. The molecule has 0 radical (unpaired) electrons. The summed E-state index contributed by atoms with van der Waals surface area (Å²) in [5.41, 5.74) is 0.769. The molecule has 1 N–H and O–H groups in total. The summed E-state index contributed by atoms with van der Waals surface area (Å²) in [5, 5.41) is 2.24. The Hall–Kier alpha value is -1.80. The molecule has 0 fully saturated rings. The molecule has 0 spiro atoms.